The Labute approximate surface area is 172 Å². The first-order valence-corrected chi connectivity index (χ1v) is 9.06. The van der Waals surface area contributed by atoms with Gasteiger partial charge >= 0.3 is 18.0 Å². The van der Waals surface area contributed by atoms with Gasteiger partial charge in [-0.15, -0.1) is 0 Å². The lowest BCUT2D eigenvalue weighted by molar-refractivity contribution is -0.137. The number of hydrogen-bond acceptors (Lipinski definition) is 4. The number of halogens is 3. The van der Waals surface area contributed by atoms with Gasteiger partial charge < -0.3 is 15.5 Å². The third kappa shape index (κ3) is 4.00. The molecule has 3 N–H and O–H groups in total. The minimum absolute atomic E-state index is 0.0256. The fraction of sp³-hybridized carbons (Fsp3) is 0.0952. The van der Waals surface area contributed by atoms with E-state index in [4.69, 9.17) is 10.2 Å². The summed E-state index contributed by atoms with van der Waals surface area (Å²) in [5.74, 6) is -0.824. The molecule has 2 aromatic heterocycles. The van der Waals surface area contributed by atoms with Gasteiger partial charge in [-0.1, -0.05) is 24.3 Å². The van der Waals surface area contributed by atoms with Gasteiger partial charge in [0.2, 0.25) is 0 Å². The van der Waals surface area contributed by atoms with Gasteiger partial charge in [0.25, 0.3) is 0 Å². The summed E-state index contributed by atoms with van der Waals surface area (Å²) < 4.78 is 45.8. The Bertz CT molecular complexity index is 1390. The summed E-state index contributed by atoms with van der Waals surface area (Å²) in [6.07, 6.45) is 0.199. The lowest BCUT2D eigenvalue weighted by Crippen LogP contribution is -2.29. The van der Waals surface area contributed by atoms with Gasteiger partial charge in [0, 0.05) is 11.9 Å². The quantitative estimate of drug-likeness (QED) is 0.516. The van der Waals surface area contributed by atoms with Gasteiger partial charge in [-0.3, -0.25) is 4.98 Å². The summed E-state index contributed by atoms with van der Waals surface area (Å²) in [4.78, 5) is 27.5. The second-order valence-corrected chi connectivity index (χ2v) is 6.65. The minimum atomic E-state index is -4.56. The number of carbonyl (C=O) groups excluding carboxylic acids is 1. The largest absolute Gasteiger partial charge is 0.424 e. The van der Waals surface area contributed by atoms with E-state index in [-0.39, 0.29) is 17.8 Å². The lowest BCUT2D eigenvalue weighted by atomic mass is 10.1. The van der Waals surface area contributed by atoms with Gasteiger partial charge in [-0.25, -0.2) is 14.2 Å². The SMILES string of the molecule is NC(=O)NC/C=C/c1ccc2ncc3oc(=O)n(-c4cccc(C(F)(F)F)c4)c3c2c1. The van der Waals surface area contributed by atoms with Crippen LogP contribution in [0, 0.1) is 0 Å². The normalized spacial score (nSPS) is 12.1. The number of carbonyl (C=O) groups is 1. The highest BCUT2D eigenvalue weighted by atomic mass is 19.4. The van der Waals surface area contributed by atoms with Crippen LogP contribution in [0.25, 0.3) is 33.8 Å². The Morgan fingerprint density at radius 1 is 1.23 bits per heavy atom. The fourth-order valence-corrected chi connectivity index (χ4v) is 3.23. The van der Waals surface area contributed by atoms with Crippen molar-refractivity contribution >= 4 is 34.1 Å². The third-order valence-electron chi connectivity index (χ3n) is 4.57. The second kappa shape index (κ2) is 7.63. The van der Waals surface area contributed by atoms with Gasteiger partial charge in [0.1, 0.15) is 5.52 Å². The van der Waals surface area contributed by atoms with Crippen LogP contribution in [-0.4, -0.2) is 22.1 Å². The Kier molecular flexibility index (Phi) is 4.97. The number of urea groups is 1. The van der Waals surface area contributed by atoms with Crippen molar-refractivity contribution in [3.63, 3.8) is 0 Å². The molecule has 0 saturated carbocycles. The third-order valence-corrected chi connectivity index (χ3v) is 4.57. The highest BCUT2D eigenvalue weighted by molar-refractivity contribution is 6.02. The number of hydrogen-bond donors (Lipinski definition) is 2. The van der Waals surface area contributed by atoms with Crippen molar-refractivity contribution in [2.24, 2.45) is 5.73 Å². The molecular weight excluding hydrogens is 413 g/mol. The van der Waals surface area contributed by atoms with Crippen molar-refractivity contribution in [2.75, 3.05) is 6.54 Å². The molecule has 0 radical (unpaired) electrons. The molecule has 0 aliphatic rings. The monoisotopic (exact) mass is 428 g/mol. The van der Waals surface area contributed by atoms with Crippen LogP contribution in [0.1, 0.15) is 11.1 Å². The molecule has 7 nitrogen and oxygen atoms in total. The summed E-state index contributed by atoms with van der Waals surface area (Å²) in [6.45, 7) is 0.219. The standard InChI is InChI=1S/C21H15F3N4O3/c22-21(23,24)13-4-1-5-14(10-13)28-18-15-9-12(3-2-8-26-19(25)29)6-7-16(15)27-11-17(18)31-20(28)30/h1-7,9-11H,8H2,(H3,25,26,29)/b3-2+. The van der Waals surface area contributed by atoms with E-state index in [0.29, 0.717) is 16.4 Å². The molecule has 0 atom stereocenters. The molecular formula is C21H15F3N4O3. The van der Waals surface area contributed by atoms with Crippen LogP contribution in [-0.2, 0) is 6.18 Å². The van der Waals surface area contributed by atoms with Crippen LogP contribution in [0.2, 0.25) is 0 Å². The molecule has 2 heterocycles. The molecule has 0 saturated heterocycles. The molecule has 0 unspecified atom stereocenters. The van der Waals surface area contributed by atoms with E-state index in [1.54, 1.807) is 30.4 Å². The molecule has 0 spiro atoms. The molecule has 2 aromatic carbocycles. The first kappa shape index (κ1) is 20.2. The van der Waals surface area contributed by atoms with Gasteiger partial charge in [0.05, 0.1) is 23.0 Å². The number of nitrogens with zero attached hydrogens (tertiary/aromatic N) is 2. The zero-order valence-corrected chi connectivity index (χ0v) is 15.8. The lowest BCUT2D eigenvalue weighted by Gasteiger charge is -2.10. The summed E-state index contributed by atoms with van der Waals surface area (Å²) in [5.41, 5.74) is 5.86. The van der Waals surface area contributed by atoms with E-state index >= 15 is 0 Å². The number of aromatic nitrogens is 2. The van der Waals surface area contributed by atoms with Crippen molar-refractivity contribution in [3.05, 3.63) is 76.4 Å². The predicted octanol–water partition coefficient (Wildman–Crippen LogP) is 3.83. The average molecular weight is 428 g/mol. The number of rotatable bonds is 4. The van der Waals surface area contributed by atoms with Crippen LogP contribution in [0.5, 0.6) is 0 Å². The highest BCUT2D eigenvalue weighted by Gasteiger charge is 2.31. The van der Waals surface area contributed by atoms with Gasteiger partial charge in [0.15, 0.2) is 5.58 Å². The van der Waals surface area contributed by atoms with E-state index in [1.165, 1.54) is 18.3 Å². The first-order chi connectivity index (χ1) is 14.7. The number of amides is 2. The second-order valence-electron chi connectivity index (χ2n) is 6.65. The summed E-state index contributed by atoms with van der Waals surface area (Å²) in [7, 11) is 0. The van der Waals surface area contributed by atoms with E-state index in [2.05, 4.69) is 10.3 Å². The summed E-state index contributed by atoms with van der Waals surface area (Å²) in [5, 5.41) is 2.94. The maximum absolute atomic E-state index is 13.2. The summed E-state index contributed by atoms with van der Waals surface area (Å²) >= 11 is 0. The zero-order chi connectivity index (χ0) is 22.2. The van der Waals surface area contributed by atoms with Crippen molar-refractivity contribution in [2.45, 2.75) is 6.18 Å². The summed E-state index contributed by atoms with van der Waals surface area (Å²) in [6, 6.07) is 9.01. The van der Waals surface area contributed by atoms with Crippen LogP contribution in [0.4, 0.5) is 18.0 Å². The smallest absolute Gasteiger partial charge is 0.406 e. The van der Waals surface area contributed by atoms with Crippen LogP contribution in [0.15, 0.2) is 63.9 Å². The number of alkyl halides is 3. The van der Waals surface area contributed by atoms with E-state index < -0.39 is 23.5 Å². The Hall–Kier alpha value is -4.08. The zero-order valence-electron chi connectivity index (χ0n) is 15.8. The van der Waals surface area contributed by atoms with Crippen LogP contribution in [0.3, 0.4) is 0 Å². The van der Waals surface area contributed by atoms with Crippen molar-refractivity contribution in [3.8, 4) is 5.69 Å². The number of primary amides is 1. The molecule has 158 valence electrons. The molecule has 0 aliphatic carbocycles. The van der Waals surface area contributed by atoms with Crippen molar-refractivity contribution in [1.82, 2.24) is 14.9 Å². The molecule has 4 rings (SSSR count). The fourth-order valence-electron chi connectivity index (χ4n) is 3.23. The molecule has 2 amide bonds. The molecule has 0 fully saturated rings. The number of fused-ring (bicyclic) bond motifs is 3. The highest BCUT2D eigenvalue weighted by Crippen LogP contribution is 2.32. The van der Waals surface area contributed by atoms with Gasteiger partial charge in [-0.2, -0.15) is 13.2 Å². The van der Waals surface area contributed by atoms with E-state index in [0.717, 1.165) is 22.3 Å². The molecule has 10 heteroatoms. The average Bonchev–Trinajstić information content (AvgIpc) is 3.07. The number of pyridine rings is 1. The minimum Gasteiger partial charge on any atom is -0.406 e. The Morgan fingerprint density at radius 3 is 2.77 bits per heavy atom. The van der Waals surface area contributed by atoms with Gasteiger partial charge in [-0.05, 0) is 35.9 Å². The first-order valence-electron chi connectivity index (χ1n) is 9.06. The maximum atomic E-state index is 13.2. The van der Waals surface area contributed by atoms with Crippen LogP contribution < -0.4 is 16.8 Å². The number of benzene rings is 2. The van der Waals surface area contributed by atoms with E-state index in [9.17, 15) is 22.8 Å². The molecule has 4 aromatic rings. The molecule has 0 bridgehead atoms. The molecule has 31 heavy (non-hydrogen) atoms. The van der Waals surface area contributed by atoms with Crippen molar-refractivity contribution in [1.29, 1.82) is 0 Å². The van der Waals surface area contributed by atoms with E-state index in [1.807, 2.05) is 0 Å². The maximum Gasteiger partial charge on any atom is 0.424 e. The number of oxazole rings is 1. The number of nitrogens with two attached hydrogens (primary N) is 1. The topological polar surface area (TPSA) is 103 Å². The van der Waals surface area contributed by atoms with Crippen LogP contribution >= 0.6 is 0 Å². The van der Waals surface area contributed by atoms with Crippen molar-refractivity contribution < 1.29 is 22.4 Å². The Balaban J connectivity index is 1.89. The number of nitrogens with one attached hydrogen (secondary N) is 1. The predicted molar refractivity (Wildman–Crippen MR) is 109 cm³/mol. The Morgan fingerprint density at radius 2 is 2.03 bits per heavy atom. The molecule has 0 aliphatic heterocycles.